The Balaban J connectivity index is 2.09. The summed E-state index contributed by atoms with van der Waals surface area (Å²) in [7, 11) is -3.47. The van der Waals surface area contributed by atoms with Crippen LogP contribution in [-0.4, -0.2) is 48.0 Å². The fourth-order valence-electron chi connectivity index (χ4n) is 2.68. The molecular formula is C11H19N3O3S2. The molecule has 2 aliphatic rings. The van der Waals surface area contributed by atoms with Crippen molar-refractivity contribution in [1.82, 2.24) is 9.62 Å². The Hall–Kier alpha value is -0.730. The molecule has 1 amide bonds. The van der Waals surface area contributed by atoms with Gasteiger partial charge in [0.2, 0.25) is 15.9 Å². The molecule has 3 N–H and O–H groups in total. The average Bonchev–Trinajstić information content (AvgIpc) is 2.36. The van der Waals surface area contributed by atoms with E-state index in [0.29, 0.717) is 25.9 Å². The molecule has 2 fully saturated rings. The molecule has 6 nitrogen and oxygen atoms in total. The zero-order chi connectivity index (χ0) is 14.2. The summed E-state index contributed by atoms with van der Waals surface area (Å²) in [5.41, 5.74) is 5.45. The molecule has 0 aliphatic carbocycles. The molecular weight excluding hydrogens is 286 g/mol. The Kier molecular flexibility index (Phi) is 4.12. The van der Waals surface area contributed by atoms with E-state index in [-0.39, 0.29) is 22.9 Å². The Morgan fingerprint density at radius 3 is 2.84 bits per heavy atom. The fraction of sp³-hybridized carbons (Fsp3) is 0.818. The predicted molar refractivity (Wildman–Crippen MR) is 76.0 cm³/mol. The van der Waals surface area contributed by atoms with E-state index in [1.54, 1.807) is 0 Å². The lowest BCUT2D eigenvalue weighted by Gasteiger charge is -2.41. The van der Waals surface area contributed by atoms with Gasteiger partial charge in [-0.3, -0.25) is 4.79 Å². The molecule has 0 saturated carbocycles. The van der Waals surface area contributed by atoms with Gasteiger partial charge in [-0.25, -0.2) is 12.7 Å². The summed E-state index contributed by atoms with van der Waals surface area (Å²) in [4.78, 5) is 11.3. The first-order valence-electron chi connectivity index (χ1n) is 6.40. The van der Waals surface area contributed by atoms with Crippen LogP contribution in [0.15, 0.2) is 0 Å². The van der Waals surface area contributed by atoms with Crippen molar-refractivity contribution in [1.29, 1.82) is 0 Å². The number of rotatable bonds is 3. The summed E-state index contributed by atoms with van der Waals surface area (Å²) in [5, 5.41) is 2.10. The second-order valence-corrected chi connectivity index (χ2v) is 7.93. The van der Waals surface area contributed by atoms with Crippen molar-refractivity contribution >= 4 is 33.1 Å². The van der Waals surface area contributed by atoms with E-state index in [4.69, 9.17) is 18.0 Å². The van der Waals surface area contributed by atoms with Crippen LogP contribution in [0.5, 0.6) is 0 Å². The van der Waals surface area contributed by atoms with Gasteiger partial charge < -0.3 is 11.1 Å². The Morgan fingerprint density at radius 2 is 2.21 bits per heavy atom. The molecule has 0 aromatic rings. The SMILES string of the molecule is CC(C(N)=S)S(=O)(=O)N1CCC2NC(=O)CCC2C1. The quantitative estimate of drug-likeness (QED) is 0.692. The normalized spacial score (nSPS) is 30.3. The number of carbonyl (C=O) groups excluding carboxylic acids is 1. The first-order valence-corrected chi connectivity index (χ1v) is 8.31. The van der Waals surface area contributed by atoms with Crippen molar-refractivity contribution < 1.29 is 13.2 Å². The Labute approximate surface area is 118 Å². The molecule has 3 unspecified atom stereocenters. The van der Waals surface area contributed by atoms with Crippen LogP contribution in [0.3, 0.4) is 0 Å². The summed E-state index contributed by atoms with van der Waals surface area (Å²) in [6.45, 7) is 2.38. The molecule has 0 radical (unpaired) electrons. The Bertz CT molecular complexity index is 491. The van der Waals surface area contributed by atoms with Crippen LogP contribution < -0.4 is 11.1 Å². The highest BCUT2D eigenvalue weighted by Gasteiger charge is 2.39. The third-order valence-corrected chi connectivity index (χ3v) is 6.69. The van der Waals surface area contributed by atoms with Gasteiger partial charge in [0, 0.05) is 25.6 Å². The first-order chi connectivity index (χ1) is 8.82. The van der Waals surface area contributed by atoms with Crippen molar-refractivity contribution in [3.8, 4) is 0 Å². The molecule has 19 heavy (non-hydrogen) atoms. The highest BCUT2D eigenvalue weighted by molar-refractivity contribution is 7.92. The third kappa shape index (κ3) is 2.90. The van der Waals surface area contributed by atoms with Crippen LogP contribution in [0.2, 0.25) is 0 Å². The number of thiocarbonyl (C=S) groups is 1. The number of nitrogens with zero attached hydrogens (tertiary/aromatic N) is 1. The zero-order valence-electron chi connectivity index (χ0n) is 10.8. The standard InChI is InChI=1S/C11H19N3O3S2/c1-7(11(12)18)19(16,17)14-5-4-9-8(6-14)2-3-10(15)13-9/h7-9H,2-6H2,1H3,(H2,12,18)(H,13,15). The number of hydrogen-bond donors (Lipinski definition) is 2. The minimum Gasteiger partial charge on any atom is -0.392 e. The van der Waals surface area contributed by atoms with Crippen molar-refractivity contribution in [2.45, 2.75) is 37.5 Å². The number of nitrogens with two attached hydrogens (primary N) is 1. The van der Waals surface area contributed by atoms with Gasteiger partial charge in [0.1, 0.15) is 5.25 Å². The van der Waals surface area contributed by atoms with Gasteiger partial charge in [-0.15, -0.1) is 0 Å². The van der Waals surface area contributed by atoms with E-state index >= 15 is 0 Å². The summed E-state index contributed by atoms with van der Waals surface area (Å²) < 4.78 is 26.1. The third-order valence-electron chi connectivity index (χ3n) is 3.99. The van der Waals surface area contributed by atoms with E-state index < -0.39 is 15.3 Å². The van der Waals surface area contributed by atoms with E-state index in [9.17, 15) is 13.2 Å². The summed E-state index contributed by atoms with van der Waals surface area (Å²) >= 11 is 4.78. The number of hydrogen-bond acceptors (Lipinski definition) is 4. The van der Waals surface area contributed by atoms with Crippen LogP contribution >= 0.6 is 12.2 Å². The smallest absolute Gasteiger partial charge is 0.223 e. The number of fused-ring (bicyclic) bond motifs is 1. The van der Waals surface area contributed by atoms with Gasteiger partial charge in [0.25, 0.3) is 0 Å². The van der Waals surface area contributed by atoms with Crippen molar-refractivity contribution in [3.05, 3.63) is 0 Å². The molecule has 0 aromatic heterocycles. The first kappa shape index (κ1) is 14.7. The topological polar surface area (TPSA) is 92.5 Å². The van der Waals surface area contributed by atoms with Crippen LogP contribution in [0.25, 0.3) is 0 Å². The van der Waals surface area contributed by atoms with Gasteiger partial charge >= 0.3 is 0 Å². The molecule has 8 heteroatoms. The van der Waals surface area contributed by atoms with Crippen LogP contribution in [0, 0.1) is 5.92 Å². The molecule has 3 atom stereocenters. The molecule has 2 aliphatic heterocycles. The highest BCUT2D eigenvalue weighted by Crippen LogP contribution is 2.27. The van der Waals surface area contributed by atoms with E-state index in [2.05, 4.69) is 5.32 Å². The van der Waals surface area contributed by atoms with Crippen molar-refractivity contribution in [2.75, 3.05) is 13.1 Å². The molecule has 0 spiro atoms. The highest BCUT2D eigenvalue weighted by atomic mass is 32.2. The maximum atomic E-state index is 12.3. The lowest BCUT2D eigenvalue weighted by molar-refractivity contribution is -0.124. The average molecular weight is 305 g/mol. The van der Waals surface area contributed by atoms with Gasteiger partial charge in [-0.1, -0.05) is 12.2 Å². The number of sulfonamides is 1. The van der Waals surface area contributed by atoms with E-state index in [0.717, 1.165) is 6.42 Å². The maximum Gasteiger partial charge on any atom is 0.223 e. The summed E-state index contributed by atoms with van der Waals surface area (Å²) in [5.74, 6) is 0.258. The van der Waals surface area contributed by atoms with E-state index in [1.807, 2.05) is 0 Å². The molecule has 2 heterocycles. The lowest BCUT2D eigenvalue weighted by Crippen LogP contribution is -2.56. The molecule has 0 aromatic carbocycles. The molecule has 0 bridgehead atoms. The van der Waals surface area contributed by atoms with Crippen LogP contribution in [-0.2, 0) is 14.8 Å². The minimum atomic E-state index is -3.47. The lowest BCUT2D eigenvalue weighted by atomic mass is 9.86. The van der Waals surface area contributed by atoms with Gasteiger partial charge in [-0.05, 0) is 25.7 Å². The van der Waals surface area contributed by atoms with Crippen molar-refractivity contribution in [2.24, 2.45) is 11.7 Å². The summed E-state index contributed by atoms with van der Waals surface area (Å²) in [6, 6.07) is 0.104. The number of carbonyl (C=O) groups is 1. The maximum absolute atomic E-state index is 12.3. The number of amides is 1. The van der Waals surface area contributed by atoms with E-state index in [1.165, 1.54) is 11.2 Å². The van der Waals surface area contributed by atoms with Gasteiger partial charge in [0.15, 0.2) is 0 Å². The minimum absolute atomic E-state index is 0.000861. The summed E-state index contributed by atoms with van der Waals surface area (Å²) in [6.07, 6.45) is 1.86. The molecule has 108 valence electrons. The van der Waals surface area contributed by atoms with Gasteiger partial charge in [0.05, 0.1) is 4.99 Å². The zero-order valence-corrected chi connectivity index (χ0v) is 12.5. The second kappa shape index (κ2) is 5.34. The second-order valence-electron chi connectivity index (χ2n) is 5.21. The fourth-order valence-corrected chi connectivity index (χ4v) is 4.54. The van der Waals surface area contributed by atoms with Gasteiger partial charge in [-0.2, -0.15) is 0 Å². The van der Waals surface area contributed by atoms with Crippen LogP contribution in [0.1, 0.15) is 26.2 Å². The monoisotopic (exact) mass is 305 g/mol. The number of piperidine rings is 2. The van der Waals surface area contributed by atoms with Crippen LogP contribution in [0.4, 0.5) is 0 Å². The van der Waals surface area contributed by atoms with Crippen molar-refractivity contribution in [3.63, 3.8) is 0 Å². The molecule has 2 saturated heterocycles. The molecule has 2 rings (SSSR count). The largest absolute Gasteiger partial charge is 0.392 e. The Morgan fingerprint density at radius 1 is 1.53 bits per heavy atom. The number of nitrogens with one attached hydrogen (secondary N) is 1. The predicted octanol–water partition coefficient (Wildman–Crippen LogP) is -0.409.